The van der Waals surface area contributed by atoms with Crippen LogP contribution in [0, 0.1) is 11.3 Å². The third-order valence-electron chi connectivity index (χ3n) is 3.90. The number of nitrogens with one attached hydrogen (secondary N) is 1. The van der Waals surface area contributed by atoms with Gasteiger partial charge in [-0.1, -0.05) is 35.1 Å². The molecule has 3 heterocycles. The van der Waals surface area contributed by atoms with Crippen molar-refractivity contribution in [2.45, 2.75) is 0 Å². The van der Waals surface area contributed by atoms with Gasteiger partial charge in [0.2, 0.25) is 0 Å². The Labute approximate surface area is 184 Å². The highest BCUT2D eigenvalue weighted by atomic mass is 35.5. The van der Waals surface area contributed by atoms with Gasteiger partial charge in [0.05, 0.1) is 10.5 Å². The normalized spacial score (nSPS) is 11.2. The van der Waals surface area contributed by atoms with E-state index in [1.54, 1.807) is 35.6 Å². The molecule has 4 rings (SSSR count). The number of rotatable bonds is 5. The standard InChI is InChI=1S/C21H12ClN3OS3/c22-15-7-5-13(6-8-15)19(26)25-21-18(17-4-2-10-28-17)24-20(29-21)14(12-23)11-16-3-1-9-27-16/h1-11H,(H,25,26). The maximum Gasteiger partial charge on any atom is 0.256 e. The van der Waals surface area contributed by atoms with Crippen molar-refractivity contribution < 1.29 is 4.79 Å². The molecule has 142 valence electrons. The molecule has 8 heteroatoms. The van der Waals surface area contributed by atoms with E-state index < -0.39 is 0 Å². The lowest BCUT2D eigenvalue weighted by Crippen LogP contribution is -2.11. The number of hydrogen-bond acceptors (Lipinski definition) is 6. The van der Waals surface area contributed by atoms with Crippen LogP contribution in [0.15, 0.2) is 59.3 Å². The topological polar surface area (TPSA) is 65.8 Å². The molecular formula is C21H12ClN3OS3. The number of amides is 1. The van der Waals surface area contributed by atoms with E-state index in [9.17, 15) is 10.1 Å². The molecule has 0 saturated heterocycles. The van der Waals surface area contributed by atoms with Gasteiger partial charge in [0.15, 0.2) is 0 Å². The van der Waals surface area contributed by atoms with Crippen LogP contribution in [-0.2, 0) is 0 Å². The minimum absolute atomic E-state index is 0.254. The van der Waals surface area contributed by atoms with Crippen molar-refractivity contribution in [1.82, 2.24) is 4.98 Å². The van der Waals surface area contributed by atoms with Crippen LogP contribution < -0.4 is 5.32 Å². The van der Waals surface area contributed by atoms with Crippen molar-refractivity contribution in [1.29, 1.82) is 5.26 Å². The fraction of sp³-hybridized carbons (Fsp3) is 0. The highest BCUT2D eigenvalue weighted by Crippen LogP contribution is 2.38. The number of hydrogen-bond donors (Lipinski definition) is 1. The number of thiazole rings is 1. The fourth-order valence-corrected chi connectivity index (χ4v) is 5.04. The zero-order valence-corrected chi connectivity index (χ0v) is 18.0. The third kappa shape index (κ3) is 4.47. The zero-order valence-electron chi connectivity index (χ0n) is 14.8. The summed E-state index contributed by atoms with van der Waals surface area (Å²) in [5, 5.41) is 18.2. The Morgan fingerprint density at radius 1 is 1.10 bits per heavy atom. The van der Waals surface area contributed by atoms with Gasteiger partial charge in [0.25, 0.3) is 5.91 Å². The third-order valence-corrected chi connectivity index (χ3v) is 6.85. The molecule has 3 aromatic heterocycles. The van der Waals surface area contributed by atoms with Gasteiger partial charge in [-0.15, -0.1) is 22.7 Å². The number of halogens is 1. The average Bonchev–Trinajstić information content (AvgIpc) is 3.48. The molecular weight excluding hydrogens is 442 g/mol. The summed E-state index contributed by atoms with van der Waals surface area (Å²) in [5.74, 6) is -0.254. The van der Waals surface area contributed by atoms with Crippen LogP contribution in [-0.4, -0.2) is 10.9 Å². The molecule has 0 aliphatic heterocycles. The van der Waals surface area contributed by atoms with E-state index in [-0.39, 0.29) is 5.91 Å². The van der Waals surface area contributed by atoms with Crippen LogP contribution in [0.4, 0.5) is 5.00 Å². The van der Waals surface area contributed by atoms with Gasteiger partial charge in [-0.3, -0.25) is 4.79 Å². The molecule has 1 amide bonds. The number of nitrogens with zero attached hydrogens (tertiary/aromatic N) is 2. The first-order valence-corrected chi connectivity index (χ1v) is 11.4. The summed E-state index contributed by atoms with van der Waals surface area (Å²) < 4.78 is 0. The number of carbonyl (C=O) groups is 1. The maximum absolute atomic E-state index is 12.7. The van der Waals surface area contributed by atoms with Crippen LogP contribution in [0.5, 0.6) is 0 Å². The van der Waals surface area contributed by atoms with E-state index in [1.807, 2.05) is 41.1 Å². The molecule has 0 radical (unpaired) electrons. The molecule has 1 N–H and O–H groups in total. The molecule has 1 aromatic carbocycles. The number of benzene rings is 1. The first-order chi connectivity index (χ1) is 14.1. The van der Waals surface area contributed by atoms with E-state index in [0.29, 0.717) is 31.9 Å². The number of anilines is 1. The monoisotopic (exact) mass is 453 g/mol. The van der Waals surface area contributed by atoms with Crippen molar-refractivity contribution in [3.8, 4) is 16.6 Å². The first-order valence-electron chi connectivity index (χ1n) is 8.41. The van der Waals surface area contributed by atoms with Crippen molar-refractivity contribution in [3.05, 3.63) is 79.8 Å². The first kappa shape index (κ1) is 19.6. The van der Waals surface area contributed by atoms with Crippen LogP contribution in [0.1, 0.15) is 20.2 Å². The van der Waals surface area contributed by atoms with Crippen LogP contribution >= 0.6 is 45.6 Å². The Bertz CT molecular complexity index is 1200. The summed E-state index contributed by atoms with van der Waals surface area (Å²) in [6, 6.07) is 16.7. The van der Waals surface area contributed by atoms with Crippen molar-refractivity contribution >= 4 is 68.2 Å². The molecule has 4 nitrogen and oxygen atoms in total. The van der Waals surface area contributed by atoms with E-state index in [4.69, 9.17) is 11.6 Å². The molecule has 0 spiro atoms. The number of aromatic nitrogens is 1. The van der Waals surface area contributed by atoms with Gasteiger partial charge >= 0.3 is 0 Å². The van der Waals surface area contributed by atoms with Crippen molar-refractivity contribution in [2.24, 2.45) is 0 Å². The number of allylic oxidation sites excluding steroid dienone is 1. The summed E-state index contributed by atoms with van der Waals surface area (Å²) in [6.45, 7) is 0. The second-order valence-electron chi connectivity index (χ2n) is 5.82. The largest absolute Gasteiger partial charge is 0.312 e. The minimum atomic E-state index is -0.254. The van der Waals surface area contributed by atoms with E-state index in [2.05, 4.69) is 16.4 Å². The van der Waals surface area contributed by atoms with E-state index in [0.717, 1.165) is 9.75 Å². The summed E-state index contributed by atoms with van der Waals surface area (Å²) in [4.78, 5) is 19.3. The van der Waals surface area contributed by atoms with Crippen molar-refractivity contribution in [3.63, 3.8) is 0 Å². The Morgan fingerprint density at radius 3 is 2.52 bits per heavy atom. The Hall–Kier alpha value is -2.76. The SMILES string of the molecule is N#CC(=Cc1cccs1)c1nc(-c2cccs2)c(NC(=O)c2ccc(Cl)cc2)s1. The van der Waals surface area contributed by atoms with Gasteiger partial charge in [-0.05, 0) is 53.2 Å². The molecule has 0 aliphatic carbocycles. The van der Waals surface area contributed by atoms with E-state index in [1.165, 1.54) is 22.7 Å². The average molecular weight is 454 g/mol. The van der Waals surface area contributed by atoms with Gasteiger partial charge in [0, 0.05) is 15.5 Å². The zero-order chi connectivity index (χ0) is 20.2. The molecule has 4 aromatic rings. The van der Waals surface area contributed by atoms with Gasteiger partial charge in [0.1, 0.15) is 21.8 Å². The Balaban J connectivity index is 1.72. The Kier molecular flexibility index (Phi) is 5.88. The molecule has 0 aliphatic rings. The molecule has 0 bridgehead atoms. The number of thiophene rings is 2. The quantitative estimate of drug-likeness (QED) is 0.334. The highest BCUT2D eigenvalue weighted by molar-refractivity contribution is 7.19. The molecule has 0 saturated carbocycles. The van der Waals surface area contributed by atoms with Crippen LogP contribution in [0.2, 0.25) is 5.02 Å². The molecule has 0 fully saturated rings. The summed E-state index contributed by atoms with van der Waals surface area (Å²) >= 11 is 10.3. The second kappa shape index (κ2) is 8.72. The van der Waals surface area contributed by atoms with E-state index >= 15 is 0 Å². The molecule has 29 heavy (non-hydrogen) atoms. The van der Waals surface area contributed by atoms with Gasteiger partial charge in [-0.2, -0.15) is 5.26 Å². The van der Waals surface area contributed by atoms with Crippen LogP contribution in [0.3, 0.4) is 0 Å². The lowest BCUT2D eigenvalue weighted by atomic mass is 10.2. The summed E-state index contributed by atoms with van der Waals surface area (Å²) in [6.07, 6.45) is 1.81. The maximum atomic E-state index is 12.7. The fourth-order valence-electron chi connectivity index (χ4n) is 2.53. The highest BCUT2D eigenvalue weighted by Gasteiger charge is 2.19. The molecule has 0 unspecified atom stereocenters. The van der Waals surface area contributed by atoms with Crippen molar-refractivity contribution in [2.75, 3.05) is 5.32 Å². The lowest BCUT2D eigenvalue weighted by molar-refractivity contribution is 0.102. The molecule has 0 atom stereocenters. The predicted molar refractivity (Wildman–Crippen MR) is 123 cm³/mol. The van der Waals surface area contributed by atoms with Crippen LogP contribution in [0.25, 0.3) is 22.2 Å². The summed E-state index contributed by atoms with van der Waals surface area (Å²) in [7, 11) is 0. The number of nitriles is 1. The lowest BCUT2D eigenvalue weighted by Gasteiger charge is -2.04. The summed E-state index contributed by atoms with van der Waals surface area (Å²) in [5.41, 5.74) is 1.62. The van der Waals surface area contributed by atoms with Gasteiger partial charge in [-0.25, -0.2) is 4.98 Å². The number of carbonyl (C=O) groups excluding carboxylic acids is 1. The Morgan fingerprint density at radius 2 is 1.86 bits per heavy atom. The van der Waals surface area contributed by atoms with Gasteiger partial charge < -0.3 is 5.32 Å². The minimum Gasteiger partial charge on any atom is -0.312 e. The predicted octanol–water partition coefficient (Wildman–Crippen LogP) is 6.90. The second-order valence-corrected chi connectivity index (χ2v) is 9.18. The smallest absolute Gasteiger partial charge is 0.256 e.